The molecular formula is C54H108N16O9. The number of hydrogen-bond acceptors (Lipinski definition) is 13. The number of unbranched alkanes of at least 4 members (excludes halogenated alkanes) is 3. The monoisotopic (exact) mass is 1120 g/mol. The SMILES string of the molecule is CCC(C)[C@H](N)CC(=O)N[C@@H](CC)NC(=O)N[C@@H](CCCCN)CC(=O)N[C@H](CC(=O)N[C@@H](CC)NC(=O)N[C@@H](CCCCN)CC(=O)N[C@H](CC(=O)N[C@@H](CC)NC(=O)N[C@@H](CCCCN)CC(N)=O)C(C)CC)C(C)CC. The standard InChI is InChI=1S/C54H108N16O9/c1-10-34(7)40(58)31-49(74)65-44(13-4)68-53(78)61-38(23-17-20-26-56)29-47(72)64-42(36(9)12-3)33-51(76)67-46(15-6)70-54(79)62-39(24-18-21-27-57)30-48(73)63-41(35(8)11-2)32-50(75)66-45(14-5)69-52(77)60-37(28-43(59)71)22-16-19-25-55/h34-42,44-46H,10-33,55-58H2,1-9H3,(H2,59,71)(H,63,73)(H,64,72)(H,65,74)(H,66,75)(H,67,76)(H2,60,69,77)(H2,61,68,78)(H2,62,70,79)/t34?,35?,36?,37-,38-,39-,40+,41+,42+,44+,45+,46+/m0/s1. The molecule has 0 radical (unpaired) electrons. The molecule has 0 aliphatic carbocycles. The quantitative estimate of drug-likeness (QED) is 0.0308. The van der Waals surface area contributed by atoms with Gasteiger partial charge in [0.1, 0.15) is 18.5 Å². The van der Waals surface area contributed by atoms with Gasteiger partial charge in [-0.05, 0) is 95.2 Å². The number of hydrogen-bond donors (Lipinski definition) is 16. The molecule has 25 heteroatoms. The molecule has 458 valence electrons. The lowest BCUT2D eigenvalue weighted by molar-refractivity contribution is -0.126. The van der Waals surface area contributed by atoms with Gasteiger partial charge in [-0.2, -0.15) is 0 Å². The van der Waals surface area contributed by atoms with E-state index in [1.165, 1.54) is 0 Å². The van der Waals surface area contributed by atoms with Crippen LogP contribution in [0.1, 0.15) is 197 Å². The normalized spacial score (nSPS) is 15.8. The average molecular weight is 1130 g/mol. The molecule has 0 aliphatic rings. The number of carbonyl (C=O) groups excluding carboxylic acids is 9. The molecule has 0 aromatic heterocycles. The molecule has 0 aromatic carbocycles. The molecule has 12 amide bonds. The van der Waals surface area contributed by atoms with Gasteiger partial charge in [-0.25, -0.2) is 14.4 Å². The van der Waals surface area contributed by atoms with E-state index >= 15 is 0 Å². The summed E-state index contributed by atoms with van der Waals surface area (Å²) in [5.74, 6) is -2.49. The van der Waals surface area contributed by atoms with Crippen LogP contribution in [0.3, 0.4) is 0 Å². The summed E-state index contributed by atoms with van der Waals surface area (Å²) in [6, 6.07) is -4.91. The van der Waals surface area contributed by atoms with E-state index in [1.54, 1.807) is 13.8 Å². The molecular weight excluding hydrogens is 1020 g/mol. The number of primary amides is 1. The molecule has 25 nitrogen and oxygen atoms in total. The van der Waals surface area contributed by atoms with Crippen LogP contribution in [-0.4, -0.2) is 128 Å². The molecule has 0 spiro atoms. The van der Waals surface area contributed by atoms with Crippen LogP contribution in [0.5, 0.6) is 0 Å². The Hall–Kier alpha value is -5.53. The number of carbonyl (C=O) groups is 9. The zero-order valence-corrected chi connectivity index (χ0v) is 49.5. The van der Waals surface area contributed by atoms with E-state index in [-0.39, 0.29) is 80.0 Å². The van der Waals surface area contributed by atoms with Crippen molar-refractivity contribution in [3.63, 3.8) is 0 Å². The molecule has 12 atom stereocenters. The van der Waals surface area contributed by atoms with Crippen molar-refractivity contribution in [2.45, 2.75) is 252 Å². The third-order valence-electron chi connectivity index (χ3n) is 14.4. The van der Waals surface area contributed by atoms with Crippen molar-refractivity contribution in [2.75, 3.05) is 19.6 Å². The van der Waals surface area contributed by atoms with E-state index < -0.39 is 84.5 Å². The van der Waals surface area contributed by atoms with Crippen LogP contribution in [-0.2, 0) is 28.8 Å². The molecule has 21 N–H and O–H groups in total. The zero-order chi connectivity index (χ0) is 59.9. The van der Waals surface area contributed by atoms with E-state index in [0.717, 1.165) is 12.8 Å². The smallest absolute Gasteiger partial charge is 0.316 e. The fraction of sp³-hybridized carbons (Fsp3) is 0.833. The summed E-state index contributed by atoms with van der Waals surface area (Å²) < 4.78 is 0. The van der Waals surface area contributed by atoms with Gasteiger partial charge in [0.25, 0.3) is 0 Å². The van der Waals surface area contributed by atoms with Crippen LogP contribution in [0.15, 0.2) is 0 Å². The second-order valence-electron chi connectivity index (χ2n) is 21.2. The summed E-state index contributed by atoms with van der Waals surface area (Å²) in [4.78, 5) is 118. The van der Waals surface area contributed by atoms with Crippen LogP contribution < -0.4 is 87.2 Å². The second-order valence-corrected chi connectivity index (χ2v) is 21.2. The highest BCUT2D eigenvalue weighted by molar-refractivity contribution is 5.84. The Morgan fingerprint density at radius 1 is 0.342 bits per heavy atom. The van der Waals surface area contributed by atoms with Crippen molar-refractivity contribution in [3.05, 3.63) is 0 Å². The summed E-state index contributed by atoms with van der Waals surface area (Å²) >= 11 is 0. The summed E-state index contributed by atoms with van der Waals surface area (Å²) in [7, 11) is 0. The number of nitrogens with one attached hydrogen (secondary N) is 11. The molecule has 0 rings (SSSR count). The summed E-state index contributed by atoms with van der Waals surface area (Å²) in [5, 5.41) is 31.4. The third-order valence-corrected chi connectivity index (χ3v) is 14.4. The first-order chi connectivity index (χ1) is 37.5. The number of rotatable bonds is 44. The molecule has 3 unspecified atom stereocenters. The number of urea groups is 3. The van der Waals surface area contributed by atoms with Crippen molar-refractivity contribution in [2.24, 2.45) is 46.4 Å². The van der Waals surface area contributed by atoms with Gasteiger partial charge >= 0.3 is 18.1 Å². The van der Waals surface area contributed by atoms with E-state index in [2.05, 4.69) is 58.5 Å². The zero-order valence-electron chi connectivity index (χ0n) is 49.5. The van der Waals surface area contributed by atoms with Gasteiger partial charge in [-0.3, -0.25) is 28.8 Å². The lowest BCUT2D eigenvalue weighted by Gasteiger charge is -2.28. The molecule has 0 aromatic rings. The van der Waals surface area contributed by atoms with Crippen LogP contribution >= 0.6 is 0 Å². The summed E-state index contributed by atoms with van der Waals surface area (Å²) in [5.41, 5.74) is 28.7. The maximum Gasteiger partial charge on any atom is 0.316 e. The number of nitrogens with two attached hydrogens (primary N) is 5. The summed E-state index contributed by atoms with van der Waals surface area (Å²) in [6.45, 7) is 18.4. The second kappa shape index (κ2) is 43.3. The third kappa shape index (κ3) is 35.0. The average Bonchev–Trinajstić information content (AvgIpc) is 3.38. The van der Waals surface area contributed by atoms with Gasteiger partial charge in [0.2, 0.25) is 35.4 Å². The van der Waals surface area contributed by atoms with Crippen molar-refractivity contribution >= 4 is 53.5 Å². The van der Waals surface area contributed by atoms with Crippen molar-refractivity contribution in [3.8, 4) is 0 Å². The Labute approximate surface area is 471 Å². The Kier molecular flexibility index (Phi) is 40.3. The topological polar surface area (TPSA) is 416 Å². The van der Waals surface area contributed by atoms with Crippen LogP contribution in [0, 0.1) is 17.8 Å². The van der Waals surface area contributed by atoms with E-state index in [4.69, 9.17) is 28.7 Å². The maximum absolute atomic E-state index is 13.7. The highest BCUT2D eigenvalue weighted by Gasteiger charge is 2.29. The highest BCUT2D eigenvalue weighted by Crippen LogP contribution is 2.16. The molecule has 0 heterocycles. The van der Waals surface area contributed by atoms with E-state index in [9.17, 15) is 43.2 Å². The minimum Gasteiger partial charge on any atom is -0.370 e. The molecule has 79 heavy (non-hydrogen) atoms. The van der Waals surface area contributed by atoms with Gasteiger partial charge in [0, 0.05) is 74.8 Å². The lowest BCUT2D eigenvalue weighted by atomic mass is 9.95. The largest absolute Gasteiger partial charge is 0.370 e. The van der Waals surface area contributed by atoms with Gasteiger partial charge in [-0.1, -0.05) is 101 Å². The van der Waals surface area contributed by atoms with E-state index in [0.29, 0.717) is 103 Å². The first kappa shape index (κ1) is 73.5. The first-order valence-electron chi connectivity index (χ1n) is 29.3. The van der Waals surface area contributed by atoms with E-state index in [1.807, 2.05) is 48.5 Å². The van der Waals surface area contributed by atoms with Gasteiger partial charge in [0.05, 0.1) is 0 Å². The minimum absolute atomic E-state index is 0.0437. The fourth-order valence-corrected chi connectivity index (χ4v) is 8.61. The van der Waals surface area contributed by atoms with Crippen LogP contribution in [0.25, 0.3) is 0 Å². The molecule has 0 saturated heterocycles. The van der Waals surface area contributed by atoms with Gasteiger partial charge in [0.15, 0.2) is 0 Å². The number of amides is 12. The predicted molar refractivity (Wildman–Crippen MR) is 309 cm³/mol. The maximum atomic E-state index is 13.7. The molecule has 0 fully saturated rings. The van der Waals surface area contributed by atoms with Gasteiger partial charge < -0.3 is 87.2 Å². The summed E-state index contributed by atoms with van der Waals surface area (Å²) in [6.07, 6.45) is 6.12. The van der Waals surface area contributed by atoms with Crippen LogP contribution in [0.4, 0.5) is 14.4 Å². The molecule has 0 bridgehead atoms. The van der Waals surface area contributed by atoms with Crippen molar-refractivity contribution in [1.82, 2.24) is 58.5 Å². The Morgan fingerprint density at radius 3 is 0.911 bits per heavy atom. The predicted octanol–water partition coefficient (Wildman–Crippen LogP) is 2.19. The van der Waals surface area contributed by atoms with Crippen molar-refractivity contribution < 1.29 is 43.2 Å². The fourth-order valence-electron chi connectivity index (χ4n) is 8.61. The van der Waals surface area contributed by atoms with Crippen LogP contribution in [0.2, 0.25) is 0 Å². The van der Waals surface area contributed by atoms with Crippen molar-refractivity contribution in [1.29, 1.82) is 0 Å². The lowest BCUT2D eigenvalue weighted by Crippen LogP contribution is -2.55. The highest BCUT2D eigenvalue weighted by atomic mass is 16.2. The Balaban J connectivity index is 5.78. The van der Waals surface area contributed by atoms with Gasteiger partial charge in [-0.15, -0.1) is 0 Å². The molecule has 0 aliphatic heterocycles. The Morgan fingerprint density at radius 2 is 0.633 bits per heavy atom. The minimum atomic E-state index is -0.805. The Bertz CT molecular complexity index is 1800. The molecule has 0 saturated carbocycles. The first-order valence-corrected chi connectivity index (χ1v) is 29.3.